The molecule has 2 rings (SSSR count). The number of fused-ring (bicyclic) bond motifs is 1. The van der Waals surface area contributed by atoms with Crippen molar-refractivity contribution < 1.29 is 0 Å². The Bertz CT molecular complexity index is 551. The highest BCUT2D eigenvalue weighted by Gasteiger charge is 2.08. The summed E-state index contributed by atoms with van der Waals surface area (Å²) >= 11 is 0. The Morgan fingerprint density at radius 2 is 2.19 bits per heavy atom. The molecule has 0 saturated heterocycles. The van der Waals surface area contributed by atoms with Gasteiger partial charge >= 0.3 is 5.69 Å². The highest BCUT2D eigenvalue weighted by molar-refractivity contribution is 5.76. The number of hydrogen-bond donors (Lipinski definition) is 2. The number of nitrogens with two attached hydrogens (primary N) is 1. The van der Waals surface area contributed by atoms with Crippen LogP contribution in [0.2, 0.25) is 0 Å². The molecular formula is C12H17N3O. The van der Waals surface area contributed by atoms with Crippen molar-refractivity contribution >= 4 is 11.0 Å². The molecule has 0 fully saturated rings. The van der Waals surface area contributed by atoms with E-state index in [1.54, 1.807) is 4.57 Å². The van der Waals surface area contributed by atoms with Crippen LogP contribution >= 0.6 is 0 Å². The number of rotatable bonds is 3. The van der Waals surface area contributed by atoms with Gasteiger partial charge in [0, 0.05) is 13.1 Å². The van der Waals surface area contributed by atoms with E-state index in [0.29, 0.717) is 12.5 Å². The normalized spacial score (nSPS) is 11.5. The van der Waals surface area contributed by atoms with Gasteiger partial charge in [0.05, 0.1) is 11.0 Å². The van der Waals surface area contributed by atoms with Gasteiger partial charge in [0.25, 0.3) is 0 Å². The van der Waals surface area contributed by atoms with Crippen LogP contribution in [-0.4, -0.2) is 9.55 Å². The molecule has 0 aliphatic carbocycles. The summed E-state index contributed by atoms with van der Waals surface area (Å²) in [6.45, 7) is 5.42. The molecule has 0 amide bonds. The number of H-pyrrole nitrogens is 1. The Morgan fingerprint density at radius 3 is 2.81 bits per heavy atom. The van der Waals surface area contributed by atoms with E-state index in [-0.39, 0.29) is 5.69 Å². The van der Waals surface area contributed by atoms with Crippen molar-refractivity contribution in [3.8, 4) is 0 Å². The van der Waals surface area contributed by atoms with Gasteiger partial charge in [-0.3, -0.25) is 4.57 Å². The van der Waals surface area contributed by atoms with E-state index < -0.39 is 0 Å². The molecule has 0 aliphatic heterocycles. The van der Waals surface area contributed by atoms with Gasteiger partial charge in [-0.2, -0.15) is 0 Å². The first-order valence-corrected chi connectivity index (χ1v) is 5.53. The first-order chi connectivity index (χ1) is 7.61. The summed E-state index contributed by atoms with van der Waals surface area (Å²) in [5.41, 5.74) is 8.38. The summed E-state index contributed by atoms with van der Waals surface area (Å²) in [5.74, 6) is 0.450. The number of aromatic amines is 1. The predicted molar refractivity (Wildman–Crippen MR) is 65.3 cm³/mol. The SMILES string of the molecule is CC(C)Cn1c(=O)[nH]c2cc(CN)ccc21. The van der Waals surface area contributed by atoms with Gasteiger partial charge in [0.15, 0.2) is 0 Å². The minimum Gasteiger partial charge on any atom is -0.326 e. The summed E-state index contributed by atoms with van der Waals surface area (Å²) < 4.78 is 1.78. The summed E-state index contributed by atoms with van der Waals surface area (Å²) in [6.07, 6.45) is 0. The molecule has 86 valence electrons. The van der Waals surface area contributed by atoms with E-state index in [1.807, 2.05) is 18.2 Å². The molecule has 1 aromatic heterocycles. The van der Waals surface area contributed by atoms with E-state index in [0.717, 1.165) is 23.1 Å². The van der Waals surface area contributed by atoms with Crippen molar-refractivity contribution in [1.29, 1.82) is 0 Å². The molecule has 4 nitrogen and oxygen atoms in total. The summed E-state index contributed by atoms with van der Waals surface area (Å²) in [4.78, 5) is 14.6. The van der Waals surface area contributed by atoms with Crippen LogP contribution < -0.4 is 11.4 Å². The molecule has 0 unspecified atom stereocenters. The van der Waals surface area contributed by atoms with Crippen LogP contribution in [0.25, 0.3) is 11.0 Å². The van der Waals surface area contributed by atoms with E-state index >= 15 is 0 Å². The largest absolute Gasteiger partial charge is 0.326 e. The summed E-state index contributed by atoms with van der Waals surface area (Å²) in [6, 6.07) is 5.86. The van der Waals surface area contributed by atoms with Gasteiger partial charge in [0.1, 0.15) is 0 Å². The van der Waals surface area contributed by atoms with E-state index in [9.17, 15) is 4.79 Å². The molecule has 1 heterocycles. The number of imidazole rings is 1. The van der Waals surface area contributed by atoms with Crippen LogP contribution in [0.3, 0.4) is 0 Å². The van der Waals surface area contributed by atoms with Gasteiger partial charge in [-0.05, 0) is 23.6 Å². The molecule has 0 bridgehead atoms. The average Bonchev–Trinajstić information content (AvgIpc) is 2.54. The van der Waals surface area contributed by atoms with Crippen LogP contribution in [0.5, 0.6) is 0 Å². The van der Waals surface area contributed by atoms with Crippen LogP contribution in [0.15, 0.2) is 23.0 Å². The molecule has 4 heteroatoms. The molecule has 16 heavy (non-hydrogen) atoms. The maximum atomic E-state index is 11.7. The van der Waals surface area contributed by atoms with Gasteiger partial charge in [-0.25, -0.2) is 4.79 Å². The summed E-state index contributed by atoms with van der Waals surface area (Å²) in [5, 5.41) is 0. The molecule has 0 atom stereocenters. The van der Waals surface area contributed by atoms with Crippen molar-refractivity contribution in [2.75, 3.05) is 0 Å². The molecule has 2 aromatic rings. The smallest absolute Gasteiger partial charge is 0.326 e. The van der Waals surface area contributed by atoms with Crippen molar-refractivity contribution in [1.82, 2.24) is 9.55 Å². The first kappa shape index (κ1) is 11.0. The minimum atomic E-state index is -0.0436. The molecular weight excluding hydrogens is 202 g/mol. The predicted octanol–water partition coefficient (Wildman–Crippen LogP) is 1.44. The third-order valence-electron chi connectivity index (χ3n) is 2.62. The maximum absolute atomic E-state index is 11.7. The van der Waals surface area contributed by atoms with Crippen LogP contribution in [-0.2, 0) is 13.1 Å². The van der Waals surface area contributed by atoms with Gasteiger partial charge < -0.3 is 10.7 Å². The lowest BCUT2D eigenvalue weighted by atomic mass is 10.2. The van der Waals surface area contributed by atoms with Crippen molar-refractivity contribution in [2.45, 2.75) is 26.9 Å². The van der Waals surface area contributed by atoms with Crippen molar-refractivity contribution in [3.05, 3.63) is 34.2 Å². The standard InChI is InChI=1S/C12H17N3O/c1-8(2)7-15-11-4-3-9(6-13)5-10(11)14-12(15)16/h3-5,8H,6-7,13H2,1-2H3,(H,14,16). The minimum absolute atomic E-state index is 0.0436. The van der Waals surface area contributed by atoms with E-state index in [4.69, 9.17) is 5.73 Å². The Labute approximate surface area is 94.1 Å². The lowest BCUT2D eigenvalue weighted by Crippen LogP contribution is -2.19. The van der Waals surface area contributed by atoms with Crippen LogP contribution in [0.1, 0.15) is 19.4 Å². The Kier molecular flexibility index (Phi) is 2.83. The fourth-order valence-electron chi connectivity index (χ4n) is 1.88. The average molecular weight is 219 g/mol. The third-order valence-corrected chi connectivity index (χ3v) is 2.62. The topological polar surface area (TPSA) is 63.8 Å². The van der Waals surface area contributed by atoms with Crippen molar-refractivity contribution in [2.24, 2.45) is 11.7 Å². The molecule has 0 spiro atoms. The highest BCUT2D eigenvalue weighted by Crippen LogP contribution is 2.13. The second-order valence-electron chi connectivity index (χ2n) is 4.49. The number of benzene rings is 1. The zero-order chi connectivity index (χ0) is 11.7. The fourth-order valence-corrected chi connectivity index (χ4v) is 1.88. The lowest BCUT2D eigenvalue weighted by Gasteiger charge is -2.06. The first-order valence-electron chi connectivity index (χ1n) is 5.53. The zero-order valence-electron chi connectivity index (χ0n) is 9.66. The number of nitrogens with zero attached hydrogens (tertiary/aromatic N) is 1. The Balaban J connectivity index is 2.58. The zero-order valence-corrected chi connectivity index (χ0v) is 9.66. The lowest BCUT2D eigenvalue weighted by molar-refractivity contribution is 0.522. The maximum Gasteiger partial charge on any atom is 0.326 e. The van der Waals surface area contributed by atoms with Gasteiger partial charge in [-0.15, -0.1) is 0 Å². The molecule has 0 radical (unpaired) electrons. The third kappa shape index (κ3) is 1.88. The second-order valence-corrected chi connectivity index (χ2v) is 4.49. The number of hydrogen-bond acceptors (Lipinski definition) is 2. The van der Waals surface area contributed by atoms with Crippen molar-refractivity contribution in [3.63, 3.8) is 0 Å². The monoisotopic (exact) mass is 219 g/mol. The van der Waals surface area contributed by atoms with Crippen LogP contribution in [0.4, 0.5) is 0 Å². The quantitative estimate of drug-likeness (QED) is 0.820. The second kappa shape index (κ2) is 4.14. The molecule has 0 saturated carbocycles. The Hall–Kier alpha value is -1.55. The molecule has 0 aliphatic rings. The summed E-state index contributed by atoms with van der Waals surface area (Å²) in [7, 11) is 0. The fraction of sp³-hybridized carbons (Fsp3) is 0.417. The van der Waals surface area contributed by atoms with E-state index in [1.165, 1.54) is 0 Å². The van der Waals surface area contributed by atoms with Gasteiger partial charge in [-0.1, -0.05) is 19.9 Å². The number of aromatic nitrogens is 2. The molecule has 1 aromatic carbocycles. The number of nitrogens with one attached hydrogen (secondary N) is 1. The van der Waals surface area contributed by atoms with Gasteiger partial charge in [0.2, 0.25) is 0 Å². The highest BCUT2D eigenvalue weighted by atomic mass is 16.1. The molecule has 3 N–H and O–H groups in total. The van der Waals surface area contributed by atoms with E-state index in [2.05, 4.69) is 18.8 Å². The van der Waals surface area contributed by atoms with Crippen LogP contribution in [0, 0.1) is 5.92 Å². The Morgan fingerprint density at radius 1 is 1.44 bits per heavy atom.